The van der Waals surface area contributed by atoms with Crippen LogP contribution >= 0.6 is 0 Å². The summed E-state index contributed by atoms with van der Waals surface area (Å²) in [6.45, 7) is 0. The molecule has 0 aromatic carbocycles. The fourth-order valence-electron chi connectivity index (χ4n) is 0. The van der Waals surface area contributed by atoms with E-state index >= 15 is 0 Å². The van der Waals surface area contributed by atoms with Gasteiger partial charge in [-0.15, -0.1) is 0 Å². The Hall–Kier alpha value is 0.309. The maximum absolute atomic E-state index is 8.52. The summed E-state index contributed by atoms with van der Waals surface area (Å²) in [5.74, 6) is 0. The van der Waals surface area contributed by atoms with E-state index in [2.05, 4.69) is 0 Å². The van der Waals surface area contributed by atoms with Crippen molar-refractivity contribution < 1.29 is 34.6 Å². The monoisotopic (exact) mass is 188 g/mol. The number of rotatable bonds is 0. The van der Waals surface area contributed by atoms with E-state index in [4.69, 9.17) is 17.5 Å². The Balaban J connectivity index is -0.0000000267. The van der Waals surface area contributed by atoms with Crippen molar-refractivity contribution in [3.05, 3.63) is 0 Å². The summed E-state index contributed by atoms with van der Waals surface area (Å²) in [5.41, 5.74) is 0. The van der Waals surface area contributed by atoms with Crippen molar-refractivity contribution in [2.24, 2.45) is 0 Å². The Morgan fingerprint density at radius 1 is 1.00 bits per heavy atom. The number of hydrogen-bond donors (Lipinski definition) is 2. The first-order chi connectivity index (χ1) is 2.00. The summed E-state index contributed by atoms with van der Waals surface area (Å²) in [6.07, 6.45) is 0. The van der Waals surface area contributed by atoms with E-state index < -0.39 is 10.4 Å². The molecule has 8 heteroatoms. The van der Waals surface area contributed by atoms with Crippen molar-refractivity contribution in [3.63, 3.8) is 0 Å². The molecular formula is H8FeN2O4S+2. The van der Waals surface area contributed by atoms with Gasteiger partial charge < -0.3 is 21.4 Å². The maximum Gasteiger partial charge on any atom is 2.00 e. The Morgan fingerprint density at radius 3 is 1.00 bits per heavy atom. The van der Waals surface area contributed by atoms with Crippen molar-refractivity contribution >= 4 is 10.4 Å². The van der Waals surface area contributed by atoms with E-state index in [0.717, 1.165) is 0 Å². The van der Waals surface area contributed by atoms with Crippen LogP contribution in [0.5, 0.6) is 0 Å². The third kappa shape index (κ3) is 1860. The van der Waals surface area contributed by atoms with Crippen molar-refractivity contribution in [1.29, 1.82) is 0 Å². The van der Waals surface area contributed by atoms with Crippen LogP contribution < -0.4 is 12.3 Å². The Bertz CT molecular complexity index is 97.2. The molecular weight excluding hydrogens is 180 g/mol. The largest absolute Gasteiger partial charge is 2.00 e. The van der Waals surface area contributed by atoms with Crippen LogP contribution in [0.3, 0.4) is 0 Å². The summed E-state index contributed by atoms with van der Waals surface area (Å²) in [5, 5.41) is 0. The topological polar surface area (TPSA) is 153 Å². The minimum atomic E-state index is -5.17. The first-order valence-corrected chi connectivity index (χ1v) is 2.00. The van der Waals surface area contributed by atoms with Gasteiger partial charge in [0.15, 0.2) is 0 Å². The van der Waals surface area contributed by atoms with Crippen molar-refractivity contribution in [2.75, 3.05) is 0 Å². The van der Waals surface area contributed by atoms with Crippen LogP contribution in [0.1, 0.15) is 0 Å². The van der Waals surface area contributed by atoms with Gasteiger partial charge in [-0.1, -0.05) is 0 Å². The minimum absolute atomic E-state index is 0. The van der Waals surface area contributed by atoms with Gasteiger partial charge in [0.25, 0.3) is 0 Å². The predicted molar refractivity (Wildman–Crippen MR) is 22.4 cm³/mol. The molecule has 0 saturated heterocycles. The average molecular weight is 188 g/mol. The summed E-state index contributed by atoms with van der Waals surface area (Å²) in [4.78, 5) is 0. The molecule has 8 heavy (non-hydrogen) atoms. The Morgan fingerprint density at radius 2 is 1.00 bits per heavy atom. The molecule has 0 aliphatic carbocycles. The number of quaternary nitrogens is 2. The predicted octanol–water partition coefficient (Wildman–Crippen LogP) is -0.588. The van der Waals surface area contributed by atoms with Crippen LogP contribution in [0.4, 0.5) is 0 Å². The molecule has 6 nitrogen and oxygen atoms in total. The van der Waals surface area contributed by atoms with Crippen molar-refractivity contribution in [1.82, 2.24) is 12.3 Å². The smallest absolute Gasteiger partial charge is 0.759 e. The first kappa shape index (κ1) is 23.9. The summed E-state index contributed by atoms with van der Waals surface area (Å²) in [7, 11) is -5.17. The SMILES string of the molecule is O=S(=O)([O-])[O-].[Fe+2].[NH4+].[NH4+]. The van der Waals surface area contributed by atoms with E-state index in [1.807, 2.05) is 0 Å². The van der Waals surface area contributed by atoms with E-state index in [0.29, 0.717) is 0 Å². The standard InChI is InChI=1S/Fe.2H3N.H2O4S/c;;;1-5(2,3)4/h;2*1H3;(H2,1,2,3,4)/q+2;;;. The zero-order valence-electron chi connectivity index (χ0n) is 4.39. The summed E-state index contributed by atoms with van der Waals surface area (Å²) < 4.78 is 34.1. The molecule has 0 fully saturated rings. The molecule has 0 radical (unpaired) electrons. The molecule has 0 atom stereocenters. The van der Waals surface area contributed by atoms with Gasteiger partial charge in [0.1, 0.15) is 0 Å². The van der Waals surface area contributed by atoms with Gasteiger partial charge in [0.05, 0.1) is 0 Å². The second-order valence-corrected chi connectivity index (χ2v) is 1.22. The molecule has 0 aliphatic heterocycles. The normalized spacial score (nSPS) is 7.25. The molecule has 0 unspecified atom stereocenters. The fourth-order valence-corrected chi connectivity index (χ4v) is 0. The van der Waals surface area contributed by atoms with E-state index in [1.165, 1.54) is 0 Å². The Labute approximate surface area is 57.9 Å². The van der Waals surface area contributed by atoms with Gasteiger partial charge in [0.2, 0.25) is 0 Å². The third-order valence-electron chi connectivity index (χ3n) is 0. The van der Waals surface area contributed by atoms with Crippen LogP contribution in [-0.2, 0) is 27.5 Å². The quantitative estimate of drug-likeness (QED) is 0.296. The first-order valence-electron chi connectivity index (χ1n) is 0.667. The van der Waals surface area contributed by atoms with Gasteiger partial charge in [-0.2, -0.15) is 0 Å². The molecule has 0 aromatic rings. The molecule has 0 heterocycles. The molecule has 0 spiro atoms. The van der Waals surface area contributed by atoms with Gasteiger partial charge >= 0.3 is 17.1 Å². The van der Waals surface area contributed by atoms with Crippen LogP contribution in [0.2, 0.25) is 0 Å². The Kier molecular flexibility index (Phi) is 21.8. The molecule has 0 amide bonds. The van der Waals surface area contributed by atoms with Gasteiger partial charge in [-0.25, -0.2) is 0 Å². The second kappa shape index (κ2) is 7.31. The molecule has 0 rings (SSSR count). The fraction of sp³-hybridized carbons (Fsp3) is 0. The van der Waals surface area contributed by atoms with Gasteiger partial charge in [-0.05, 0) is 0 Å². The van der Waals surface area contributed by atoms with E-state index in [9.17, 15) is 0 Å². The molecule has 0 saturated carbocycles. The summed E-state index contributed by atoms with van der Waals surface area (Å²) in [6, 6.07) is 0. The van der Waals surface area contributed by atoms with Crippen molar-refractivity contribution in [3.8, 4) is 0 Å². The summed E-state index contributed by atoms with van der Waals surface area (Å²) >= 11 is 0. The average Bonchev–Trinajstić information content (AvgIpc) is 0.722. The van der Waals surface area contributed by atoms with E-state index in [-0.39, 0.29) is 29.4 Å². The van der Waals surface area contributed by atoms with Crippen LogP contribution in [0.25, 0.3) is 0 Å². The van der Waals surface area contributed by atoms with E-state index in [1.54, 1.807) is 0 Å². The third-order valence-corrected chi connectivity index (χ3v) is 0. The minimum Gasteiger partial charge on any atom is -0.759 e. The van der Waals surface area contributed by atoms with Gasteiger partial charge in [-0.3, -0.25) is 8.42 Å². The molecule has 0 bridgehead atoms. The zero-order chi connectivity index (χ0) is 4.50. The zero-order valence-corrected chi connectivity index (χ0v) is 6.32. The molecule has 54 valence electrons. The molecule has 0 aliphatic rings. The van der Waals surface area contributed by atoms with Crippen molar-refractivity contribution in [2.45, 2.75) is 0 Å². The van der Waals surface area contributed by atoms with Crippen LogP contribution in [0, 0.1) is 0 Å². The van der Waals surface area contributed by atoms with Gasteiger partial charge in [0, 0.05) is 10.4 Å². The van der Waals surface area contributed by atoms with Crippen LogP contribution in [-0.4, -0.2) is 17.5 Å². The second-order valence-electron chi connectivity index (χ2n) is 0.408. The number of hydrogen-bond acceptors (Lipinski definition) is 4. The maximum atomic E-state index is 8.52. The molecule has 0 aromatic heterocycles. The molecule has 8 N–H and O–H groups in total. The van der Waals surface area contributed by atoms with Crippen LogP contribution in [0.15, 0.2) is 0 Å².